The zero-order valence-electron chi connectivity index (χ0n) is 10.3. The van der Waals surface area contributed by atoms with Crippen LogP contribution in [0.15, 0.2) is 18.5 Å². The monoisotopic (exact) mass is 251 g/mol. The van der Waals surface area contributed by atoms with Crippen LogP contribution in [0.25, 0.3) is 0 Å². The van der Waals surface area contributed by atoms with Crippen LogP contribution in [0.1, 0.15) is 36.0 Å². The van der Waals surface area contributed by atoms with E-state index < -0.39 is 5.82 Å². The molecular weight excluding hydrogens is 233 g/mol. The Morgan fingerprint density at radius 3 is 3.11 bits per heavy atom. The van der Waals surface area contributed by atoms with Crippen molar-refractivity contribution in [3.05, 3.63) is 29.8 Å². The molecule has 2 N–H and O–H groups in total. The van der Waals surface area contributed by atoms with Gasteiger partial charge < -0.3 is 10.6 Å². The third kappa shape index (κ3) is 2.67. The Labute approximate surface area is 106 Å². The Hall–Kier alpha value is -1.49. The summed E-state index contributed by atoms with van der Waals surface area (Å²) in [5, 5.41) is 0. The van der Waals surface area contributed by atoms with E-state index in [4.69, 9.17) is 5.73 Å². The van der Waals surface area contributed by atoms with Gasteiger partial charge in [0.15, 0.2) is 5.82 Å². The summed E-state index contributed by atoms with van der Waals surface area (Å²) in [6.45, 7) is 1.23. The van der Waals surface area contributed by atoms with E-state index in [2.05, 4.69) is 4.98 Å². The van der Waals surface area contributed by atoms with E-state index in [-0.39, 0.29) is 17.5 Å². The lowest BCUT2D eigenvalue weighted by Gasteiger charge is -2.35. The van der Waals surface area contributed by atoms with Crippen LogP contribution in [0.4, 0.5) is 4.39 Å². The first-order valence-corrected chi connectivity index (χ1v) is 6.34. The van der Waals surface area contributed by atoms with E-state index in [1.54, 1.807) is 4.90 Å². The fourth-order valence-corrected chi connectivity index (χ4v) is 2.46. The molecule has 5 heteroatoms. The maximum Gasteiger partial charge on any atom is 0.257 e. The van der Waals surface area contributed by atoms with Crippen LogP contribution in [0.5, 0.6) is 0 Å². The number of hydrogen-bond donors (Lipinski definition) is 1. The number of likely N-dealkylation sites (tertiary alicyclic amines) is 1. The number of hydrogen-bond acceptors (Lipinski definition) is 3. The summed E-state index contributed by atoms with van der Waals surface area (Å²) in [7, 11) is 0. The second-order valence-electron chi connectivity index (χ2n) is 4.58. The average Bonchev–Trinajstić information content (AvgIpc) is 2.40. The van der Waals surface area contributed by atoms with Gasteiger partial charge in [0.1, 0.15) is 0 Å². The Balaban J connectivity index is 2.18. The Bertz CT molecular complexity index is 422. The predicted molar refractivity (Wildman–Crippen MR) is 66.5 cm³/mol. The lowest BCUT2D eigenvalue weighted by atomic mass is 9.98. The van der Waals surface area contributed by atoms with Crippen LogP contribution in [-0.4, -0.2) is 34.9 Å². The maximum absolute atomic E-state index is 13.6. The van der Waals surface area contributed by atoms with E-state index in [9.17, 15) is 9.18 Å². The van der Waals surface area contributed by atoms with Crippen molar-refractivity contribution in [2.24, 2.45) is 5.73 Å². The molecule has 0 aliphatic carbocycles. The summed E-state index contributed by atoms with van der Waals surface area (Å²) in [6, 6.07) is 1.58. The molecule has 0 spiro atoms. The molecule has 2 heterocycles. The van der Waals surface area contributed by atoms with E-state index in [0.717, 1.165) is 31.9 Å². The second-order valence-corrected chi connectivity index (χ2v) is 4.58. The number of piperidine rings is 1. The zero-order chi connectivity index (χ0) is 13.0. The van der Waals surface area contributed by atoms with Crippen LogP contribution in [0.3, 0.4) is 0 Å². The molecule has 98 valence electrons. The first kappa shape index (κ1) is 13.0. The van der Waals surface area contributed by atoms with Crippen molar-refractivity contribution in [3.63, 3.8) is 0 Å². The standard InChI is InChI=1S/C13H18FN3O/c14-12-9-16-7-5-11(12)13(18)17-8-2-1-3-10(17)4-6-15/h5,7,9-10H,1-4,6,8,15H2/t10-/m0/s1. The highest BCUT2D eigenvalue weighted by atomic mass is 19.1. The summed E-state index contributed by atoms with van der Waals surface area (Å²) < 4.78 is 13.6. The van der Waals surface area contributed by atoms with Crippen LogP contribution < -0.4 is 5.73 Å². The number of carbonyl (C=O) groups excluding carboxylic acids is 1. The molecule has 2 rings (SSSR count). The molecule has 1 atom stereocenters. The molecule has 1 aromatic rings. The van der Waals surface area contributed by atoms with Gasteiger partial charge in [-0.25, -0.2) is 4.39 Å². The van der Waals surface area contributed by atoms with Gasteiger partial charge in [-0.1, -0.05) is 0 Å². The summed E-state index contributed by atoms with van der Waals surface area (Å²) in [4.78, 5) is 17.7. The van der Waals surface area contributed by atoms with Crippen LogP contribution >= 0.6 is 0 Å². The molecule has 1 aliphatic rings. The van der Waals surface area contributed by atoms with Gasteiger partial charge in [-0.15, -0.1) is 0 Å². The minimum atomic E-state index is -0.556. The van der Waals surface area contributed by atoms with Gasteiger partial charge in [-0.05, 0) is 38.3 Å². The van der Waals surface area contributed by atoms with Crippen LogP contribution in [0, 0.1) is 5.82 Å². The maximum atomic E-state index is 13.6. The van der Waals surface area contributed by atoms with E-state index in [1.165, 1.54) is 12.3 Å². The Morgan fingerprint density at radius 2 is 2.39 bits per heavy atom. The molecule has 0 saturated carbocycles. The first-order valence-electron chi connectivity index (χ1n) is 6.34. The number of aromatic nitrogens is 1. The lowest BCUT2D eigenvalue weighted by Crippen LogP contribution is -2.44. The summed E-state index contributed by atoms with van der Waals surface area (Å²) in [5.74, 6) is -0.798. The zero-order valence-corrected chi connectivity index (χ0v) is 10.3. The number of nitrogens with zero attached hydrogens (tertiary/aromatic N) is 2. The number of carbonyl (C=O) groups is 1. The fraction of sp³-hybridized carbons (Fsp3) is 0.538. The summed E-state index contributed by atoms with van der Waals surface area (Å²) >= 11 is 0. The van der Waals surface area contributed by atoms with Crippen molar-refractivity contribution in [2.45, 2.75) is 31.7 Å². The van der Waals surface area contributed by atoms with E-state index >= 15 is 0 Å². The molecule has 1 amide bonds. The SMILES string of the molecule is NCC[C@@H]1CCCCN1C(=O)c1ccncc1F. The van der Waals surface area contributed by atoms with E-state index in [0.29, 0.717) is 13.1 Å². The van der Waals surface area contributed by atoms with Crippen LogP contribution in [0.2, 0.25) is 0 Å². The molecule has 0 aromatic carbocycles. The number of rotatable bonds is 3. The van der Waals surface area contributed by atoms with Gasteiger partial charge in [-0.3, -0.25) is 9.78 Å². The quantitative estimate of drug-likeness (QED) is 0.887. The van der Waals surface area contributed by atoms with Crippen molar-refractivity contribution in [1.82, 2.24) is 9.88 Å². The molecule has 0 bridgehead atoms. The lowest BCUT2D eigenvalue weighted by molar-refractivity contribution is 0.0600. The highest BCUT2D eigenvalue weighted by molar-refractivity contribution is 5.94. The molecule has 0 unspecified atom stereocenters. The molecular formula is C13H18FN3O. The summed E-state index contributed by atoms with van der Waals surface area (Å²) in [6.07, 6.45) is 6.33. The minimum absolute atomic E-state index is 0.105. The molecule has 0 radical (unpaired) electrons. The summed E-state index contributed by atoms with van der Waals surface area (Å²) in [5.41, 5.74) is 5.67. The van der Waals surface area contributed by atoms with Gasteiger partial charge in [-0.2, -0.15) is 0 Å². The van der Waals surface area contributed by atoms with Crippen molar-refractivity contribution in [3.8, 4) is 0 Å². The highest BCUT2D eigenvalue weighted by Crippen LogP contribution is 2.22. The van der Waals surface area contributed by atoms with Crippen molar-refractivity contribution in [1.29, 1.82) is 0 Å². The number of amides is 1. The number of halogens is 1. The molecule has 1 aliphatic heterocycles. The van der Waals surface area contributed by atoms with Gasteiger partial charge in [0, 0.05) is 18.8 Å². The predicted octanol–water partition coefficient (Wildman–Crippen LogP) is 1.56. The molecule has 1 aromatic heterocycles. The van der Waals surface area contributed by atoms with Gasteiger partial charge in [0.05, 0.1) is 11.8 Å². The fourth-order valence-electron chi connectivity index (χ4n) is 2.46. The van der Waals surface area contributed by atoms with Gasteiger partial charge in [0.25, 0.3) is 5.91 Å². The Morgan fingerprint density at radius 1 is 1.56 bits per heavy atom. The minimum Gasteiger partial charge on any atom is -0.336 e. The first-order chi connectivity index (χ1) is 8.74. The Kier molecular flexibility index (Phi) is 4.25. The highest BCUT2D eigenvalue weighted by Gasteiger charge is 2.28. The third-order valence-electron chi connectivity index (χ3n) is 3.39. The normalized spacial score (nSPS) is 19.9. The topological polar surface area (TPSA) is 59.2 Å². The number of nitrogens with two attached hydrogens (primary N) is 1. The molecule has 1 saturated heterocycles. The second kappa shape index (κ2) is 5.91. The molecule has 4 nitrogen and oxygen atoms in total. The van der Waals surface area contributed by atoms with Crippen LogP contribution in [-0.2, 0) is 0 Å². The smallest absolute Gasteiger partial charge is 0.257 e. The van der Waals surface area contributed by atoms with Crippen molar-refractivity contribution >= 4 is 5.91 Å². The molecule has 1 fully saturated rings. The van der Waals surface area contributed by atoms with E-state index in [1.807, 2.05) is 0 Å². The molecule has 18 heavy (non-hydrogen) atoms. The number of pyridine rings is 1. The largest absolute Gasteiger partial charge is 0.336 e. The van der Waals surface area contributed by atoms with Crippen molar-refractivity contribution in [2.75, 3.05) is 13.1 Å². The third-order valence-corrected chi connectivity index (χ3v) is 3.39. The van der Waals surface area contributed by atoms with Crippen molar-refractivity contribution < 1.29 is 9.18 Å². The van der Waals surface area contributed by atoms with Gasteiger partial charge >= 0.3 is 0 Å². The van der Waals surface area contributed by atoms with Gasteiger partial charge in [0.2, 0.25) is 0 Å². The average molecular weight is 251 g/mol.